The van der Waals surface area contributed by atoms with E-state index in [-0.39, 0.29) is 6.61 Å². The molecule has 0 aliphatic rings. The number of carboxylic acids is 1. The second kappa shape index (κ2) is 8.27. The van der Waals surface area contributed by atoms with E-state index in [0.717, 1.165) is 12.5 Å². The molecule has 0 saturated heterocycles. The van der Waals surface area contributed by atoms with Crippen LogP contribution in [0.15, 0.2) is 35.9 Å². The van der Waals surface area contributed by atoms with Crippen molar-refractivity contribution in [1.82, 2.24) is 0 Å². The molecule has 1 rings (SSSR count). The van der Waals surface area contributed by atoms with E-state index < -0.39 is 5.97 Å². The highest BCUT2D eigenvalue weighted by Gasteiger charge is 2.05. The van der Waals surface area contributed by atoms with Gasteiger partial charge in [-0.25, -0.2) is 4.79 Å². The zero-order valence-electron chi connectivity index (χ0n) is 11.3. The number of carbonyl (C=O) groups is 1. The van der Waals surface area contributed by atoms with Gasteiger partial charge in [0.25, 0.3) is 0 Å². The lowest BCUT2D eigenvalue weighted by molar-refractivity contribution is -0.131. The minimum Gasteiger partial charge on any atom is -0.493 e. The molecule has 0 saturated carbocycles. The maximum absolute atomic E-state index is 10.6. The summed E-state index contributed by atoms with van der Waals surface area (Å²) >= 11 is 5.67. The van der Waals surface area contributed by atoms with Crippen molar-refractivity contribution >= 4 is 23.6 Å². The van der Waals surface area contributed by atoms with Gasteiger partial charge in [0.15, 0.2) is 0 Å². The minimum atomic E-state index is -1.02. The highest BCUT2D eigenvalue weighted by molar-refractivity contribution is 6.29. The number of ether oxygens (including phenoxy) is 2. The third-order valence-corrected chi connectivity index (χ3v) is 2.36. The van der Waals surface area contributed by atoms with E-state index in [1.54, 1.807) is 18.2 Å². The zero-order chi connectivity index (χ0) is 15.0. The van der Waals surface area contributed by atoms with E-state index in [9.17, 15) is 4.79 Å². The van der Waals surface area contributed by atoms with Gasteiger partial charge < -0.3 is 14.6 Å². The summed E-state index contributed by atoms with van der Waals surface area (Å²) in [6.07, 6.45) is 3.40. The van der Waals surface area contributed by atoms with E-state index in [0.29, 0.717) is 28.7 Å². The summed E-state index contributed by atoms with van der Waals surface area (Å²) in [5, 5.41) is 9.03. The van der Waals surface area contributed by atoms with Crippen LogP contribution >= 0.6 is 11.6 Å². The third kappa shape index (κ3) is 5.80. The van der Waals surface area contributed by atoms with Crippen molar-refractivity contribution in [3.63, 3.8) is 0 Å². The summed E-state index contributed by atoms with van der Waals surface area (Å²) in [6.45, 7) is 6.30. The van der Waals surface area contributed by atoms with Crippen LogP contribution in [0.3, 0.4) is 0 Å². The van der Waals surface area contributed by atoms with Crippen LogP contribution < -0.4 is 9.47 Å². The van der Waals surface area contributed by atoms with E-state index in [4.69, 9.17) is 26.2 Å². The maximum Gasteiger partial charge on any atom is 0.328 e. The van der Waals surface area contributed by atoms with Crippen LogP contribution in [0.4, 0.5) is 0 Å². The molecule has 0 bridgehead atoms. The zero-order valence-corrected chi connectivity index (χ0v) is 12.0. The van der Waals surface area contributed by atoms with Crippen molar-refractivity contribution < 1.29 is 19.4 Å². The van der Waals surface area contributed by atoms with Gasteiger partial charge in [0.05, 0.1) is 6.61 Å². The number of benzene rings is 1. The van der Waals surface area contributed by atoms with Gasteiger partial charge in [-0.3, -0.25) is 0 Å². The number of hydrogen-bond acceptors (Lipinski definition) is 3. The lowest BCUT2D eigenvalue weighted by Crippen LogP contribution is -2.00. The second-order valence-corrected chi connectivity index (χ2v) is 4.56. The van der Waals surface area contributed by atoms with Crippen molar-refractivity contribution in [3.8, 4) is 11.5 Å². The van der Waals surface area contributed by atoms with Crippen LogP contribution in [-0.2, 0) is 4.79 Å². The topological polar surface area (TPSA) is 55.8 Å². The quantitative estimate of drug-likeness (QED) is 0.743. The predicted octanol–water partition coefficient (Wildman–Crippen LogP) is 3.70. The molecule has 0 radical (unpaired) electrons. The molecule has 0 atom stereocenters. The molecule has 0 spiro atoms. The SMILES string of the molecule is C=C(Cl)COc1cc(OCCC)ccc1/C=C/C(=O)O. The highest BCUT2D eigenvalue weighted by atomic mass is 35.5. The van der Waals surface area contributed by atoms with Gasteiger partial charge in [-0.2, -0.15) is 0 Å². The molecule has 0 aliphatic carbocycles. The number of carboxylic acid groups (broad SMARTS) is 1. The average molecular weight is 297 g/mol. The maximum atomic E-state index is 10.6. The Hall–Kier alpha value is -1.94. The lowest BCUT2D eigenvalue weighted by Gasteiger charge is -2.11. The summed E-state index contributed by atoms with van der Waals surface area (Å²) in [5.41, 5.74) is 0.633. The molecule has 20 heavy (non-hydrogen) atoms. The molecular weight excluding hydrogens is 280 g/mol. The normalized spacial score (nSPS) is 10.5. The minimum absolute atomic E-state index is 0.146. The molecule has 1 aromatic carbocycles. The fourth-order valence-corrected chi connectivity index (χ4v) is 1.46. The average Bonchev–Trinajstić information content (AvgIpc) is 2.41. The second-order valence-electron chi connectivity index (χ2n) is 4.03. The van der Waals surface area contributed by atoms with Gasteiger partial charge in [0.2, 0.25) is 0 Å². The van der Waals surface area contributed by atoms with Gasteiger partial charge in [0, 0.05) is 22.7 Å². The molecule has 0 heterocycles. The van der Waals surface area contributed by atoms with E-state index in [1.807, 2.05) is 6.92 Å². The standard InChI is InChI=1S/C15H17ClO4/c1-3-8-19-13-6-4-12(5-7-15(17)18)14(9-13)20-10-11(2)16/h4-7,9H,2-3,8,10H2,1H3,(H,17,18)/b7-5+. The van der Waals surface area contributed by atoms with Gasteiger partial charge in [0.1, 0.15) is 18.1 Å². The Labute approximate surface area is 123 Å². The summed E-state index contributed by atoms with van der Waals surface area (Å²) in [6, 6.07) is 5.20. The molecule has 1 N–H and O–H groups in total. The molecule has 108 valence electrons. The first-order valence-corrected chi connectivity index (χ1v) is 6.54. The molecule has 0 fully saturated rings. The monoisotopic (exact) mass is 296 g/mol. The van der Waals surface area contributed by atoms with Gasteiger partial charge >= 0.3 is 5.97 Å². The van der Waals surface area contributed by atoms with E-state index in [1.165, 1.54) is 6.08 Å². The fraction of sp³-hybridized carbons (Fsp3) is 0.267. The number of halogens is 1. The number of aliphatic carboxylic acids is 1. The van der Waals surface area contributed by atoms with E-state index in [2.05, 4.69) is 6.58 Å². The van der Waals surface area contributed by atoms with Crippen LogP contribution in [0.1, 0.15) is 18.9 Å². The van der Waals surface area contributed by atoms with Gasteiger partial charge in [-0.05, 0) is 24.6 Å². The summed E-state index contributed by atoms with van der Waals surface area (Å²) < 4.78 is 11.0. The molecule has 5 heteroatoms. The first kappa shape index (κ1) is 16.1. The Morgan fingerprint density at radius 3 is 2.80 bits per heavy atom. The Kier molecular flexibility index (Phi) is 6.67. The molecule has 0 aromatic heterocycles. The Morgan fingerprint density at radius 1 is 1.45 bits per heavy atom. The summed E-state index contributed by atoms with van der Waals surface area (Å²) in [4.78, 5) is 10.6. The summed E-state index contributed by atoms with van der Waals surface area (Å²) in [5.74, 6) is 0.136. The molecule has 1 aromatic rings. The van der Waals surface area contributed by atoms with Crippen LogP contribution in [0.5, 0.6) is 11.5 Å². The lowest BCUT2D eigenvalue weighted by atomic mass is 10.1. The van der Waals surface area contributed by atoms with Crippen molar-refractivity contribution in [1.29, 1.82) is 0 Å². The molecule has 0 unspecified atom stereocenters. The van der Waals surface area contributed by atoms with Gasteiger partial charge in [-0.1, -0.05) is 25.1 Å². The third-order valence-electron chi connectivity index (χ3n) is 2.25. The Balaban J connectivity index is 2.95. The Bertz CT molecular complexity index is 509. The smallest absolute Gasteiger partial charge is 0.328 e. The number of hydrogen-bond donors (Lipinski definition) is 1. The Morgan fingerprint density at radius 2 is 2.20 bits per heavy atom. The van der Waals surface area contributed by atoms with Crippen molar-refractivity contribution in [2.45, 2.75) is 13.3 Å². The van der Waals surface area contributed by atoms with Crippen LogP contribution in [-0.4, -0.2) is 24.3 Å². The van der Waals surface area contributed by atoms with Crippen molar-refractivity contribution in [2.75, 3.05) is 13.2 Å². The molecule has 0 amide bonds. The number of rotatable bonds is 8. The first-order valence-electron chi connectivity index (χ1n) is 6.17. The largest absolute Gasteiger partial charge is 0.493 e. The summed E-state index contributed by atoms with van der Waals surface area (Å²) in [7, 11) is 0. The predicted molar refractivity (Wildman–Crippen MR) is 79.4 cm³/mol. The van der Waals surface area contributed by atoms with E-state index >= 15 is 0 Å². The van der Waals surface area contributed by atoms with Crippen LogP contribution in [0.25, 0.3) is 6.08 Å². The first-order chi connectivity index (χ1) is 9.52. The van der Waals surface area contributed by atoms with Crippen LogP contribution in [0.2, 0.25) is 0 Å². The van der Waals surface area contributed by atoms with Crippen LogP contribution in [0, 0.1) is 0 Å². The molecular formula is C15H17ClO4. The van der Waals surface area contributed by atoms with Gasteiger partial charge in [-0.15, -0.1) is 0 Å². The van der Waals surface area contributed by atoms with Crippen molar-refractivity contribution in [3.05, 3.63) is 41.4 Å². The molecule has 0 aliphatic heterocycles. The highest BCUT2D eigenvalue weighted by Crippen LogP contribution is 2.27. The fourth-order valence-electron chi connectivity index (χ4n) is 1.40. The molecule has 4 nitrogen and oxygen atoms in total. The van der Waals surface area contributed by atoms with Crippen molar-refractivity contribution in [2.24, 2.45) is 0 Å².